The molecule has 25 heavy (non-hydrogen) atoms. The van der Waals surface area contributed by atoms with Crippen molar-refractivity contribution in [3.63, 3.8) is 0 Å². The number of carbonyl (C=O) groups excluding carboxylic acids is 1. The number of esters is 1. The minimum absolute atomic E-state index is 0.0268. The molecule has 0 unspecified atom stereocenters. The fourth-order valence-corrected chi connectivity index (χ4v) is 2.27. The molecule has 0 aliphatic rings. The SMILES string of the molecule is CCOC(=O)/C(C=Nc1cnsn1)=C(/O)c1c(F)cc(F)c(F)c1C. The van der Waals surface area contributed by atoms with E-state index in [0.717, 1.165) is 24.9 Å². The van der Waals surface area contributed by atoms with Crippen molar-refractivity contribution in [1.82, 2.24) is 8.75 Å². The van der Waals surface area contributed by atoms with Crippen LogP contribution in [0.5, 0.6) is 0 Å². The molecule has 0 fully saturated rings. The van der Waals surface area contributed by atoms with E-state index in [9.17, 15) is 23.1 Å². The highest BCUT2D eigenvalue weighted by Crippen LogP contribution is 2.27. The van der Waals surface area contributed by atoms with Crippen LogP contribution >= 0.6 is 11.7 Å². The number of benzene rings is 1. The molecular weight excluding hydrogens is 359 g/mol. The van der Waals surface area contributed by atoms with Crippen LogP contribution in [0.15, 0.2) is 22.8 Å². The first-order valence-corrected chi connectivity index (χ1v) is 7.66. The highest BCUT2D eigenvalue weighted by molar-refractivity contribution is 6.99. The molecule has 0 saturated carbocycles. The van der Waals surface area contributed by atoms with Gasteiger partial charge in [0, 0.05) is 17.8 Å². The van der Waals surface area contributed by atoms with Gasteiger partial charge in [-0.1, -0.05) is 0 Å². The molecule has 0 saturated heterocycles. The van der Waals surface area contributed by atoms with Crippen LogP contribution in [0.2, 0.25) is 0 Å². The summed E-state index contributed by atoms with van der Waals surface area (Å²) >= 11 is 0.863. The van der Waals surface area contributed by atoms with Gasteiger partial charge in [-0.3, -0.25) is 0 Å². The summed E-state index contributed by atoms with van der Waals surface area (Å²) in [4.78, 5) is 15.9. The van der Waals surface area contributed by atoms with Crippen molar-refractivity contribution < 1.29 is 27.8 Å². The van der Waals surface area contributed by atoms with Crippen molar-refractivity contribution in [3.05, 3.63) is 46.4 Å². The summed E-state index contributed by atoms with van der Waals surface area (Å²) in [5, 5.41) is 10.3. The summed E-state index contributed by atoms with van der Waals surface area (Å²) in [6.07, 6.45) is 2.19. The van der Waals surface area contributed by atoms with Crippen molar-refractivity contribution in [3.8, 4) is 0 Å². The quantitative estimate of drug-likeness (QED) is 0.286. The Morgan fingerprint density at radius 3 is 2.72 bits per heavy atom. The first kappa shape index (κ1) is 18.6. The summed E-state index contributed by atoms with van der Waals surface area (Å²) in [5.41, 5.74) is -1.70. The van der Waals surface area contributed by atoms with Crippen molar-refractivity contribution in [2.45, 2.75) is 13.8 Å². The minimum atomic E-state index is -1.41. The summed E-state index contributed by atoms with van der Waals surface area (Å²) in [6.45, 7) is 2.57. The molecule has 10 heteroatoms. The third-order valence-electron chi connectivity index (χ3n) is 3.07. The van der Waals surface area contributed by atoms with Gasteiger partial charge in [0.15, 0.2) is 17.5 Å². The fraction of sp³-hybridized carbons (Fsp3) is 0.200. The number of nitrogens with zero attached hydrogens (tertiary/aromatic N) is 3. The predicted octanol–water partition coefficient (Wildman–Crippen LogP) is 3.50. The zero-order valence-corrected chi connectivity index (χ0v) is 13.9. The lowest BCUT2D eigenvalue weighted by molar-refractivity contribution is -0.137. The molecule has 2 aromatic rings. The second kappa shape index (κ2) is 7.88. The van der Waals surface area contributed by atoms with Gasteiger partial charge in [0.05, 0.1) is 30.1 Å². The normalized spacial score (nSPS) is 12.4. The number of hydrogen-bond acceptors (Lipinski definition) is 7. The largest absolute Gasteiger partial charge is 0.506 e. The lowest BCUT2D eigenvalue weighted by Gasteiger charge is -2.11. The van der Waals surface area contributed by atoms with Crippen molar-refractivity contribution in [2.24, 2.45) is 4.99 Å². The average molecular weight is 371 g/mol. The van der Waals surface area contributed by atoms with Gasteiger partial charge in [0.25, 0.3) is 0 Å². The summed E-state index contributed by atoms with van der Waals surface area (Å²) in [5.74, 6) is -5.80. The van der Waals surface area contributed by atoms with Gasteiger partial charge < -0.3 is 9.84 Å². The maximum absolute atomic E-state index is 14.0. The number of carbonyl (C=O) groups is 1. The van der Waals surface area contributed by atoms with Crippen LogP contribution in [0.3, 0.4) is 0 Å². The van der Waals surface area contributed by atoms with Gasteiger partial charge in [-0.2, -0.15) is 8.75 Å². The zero-order chi connectivity index (χ0) is 18.6. The van der Waals surface area contributed by atoms with Crippen LogP contribution < -0.4 is 0 Å². The van der Waals surface area contributed by atoms with E-state index in [4.69, 9.17) is 4.74 Å². The molecule has 132 valence electrons. The van der Waals surface area contributed by atoms with E-state index >= 15 is 0 Å². The van der Waals surface area contributed by atoms with Gasteiger partial charge in [-0.15, -0.1) is 0 Å². The smallest absolute Gasteiger partial charge is 0.343 e. The van der Waals surface area contributed by atoms with E-state index in [0.29, 0.717) is 0 Å². The van der Waals surface area contributed by atoms with Gasteiger partial charge >= 0.3 is 5.97 Å². The van der Waals surface area contributed by atoms with E-state index in [1.165, 1.54) is 13.1 Å². The number of aliphatic hydroxyl groups excluding tert-OH is 1. The lowest BCUT2D eigenvalue weighted by atomic mass is 10.0. The lowest BCUT2D eigenvalue weighted by Crippen LogP contribution is -2.13. The fourth-order valence-electron chi connectivity index (χ4n) is 1.91. The highest BCUT2D eigenvalue weighted by atomic mass is 32.1. The number of rotatable bonds is 5. The van der Waals surface area contributed by atoms with Crippen molar-refractivity contribution in [1.29, 1.82) is 0 Å². The van der Waals surface area contributed by atoms with E-state index in [2.05, 4.69) is 13.7 Å². The topological polar surface area (TPSA) is 84.7 Å². The molecular formula is C15H12F3N3O3S. The monoisotopic (exact) mass is 371 g/mol. The maximum Gasteiger partial charge on any atom is 0.343 e. The van der Waals surface area contributed by atoms with Gasteiger partial charge in [-0.25, -0.2) is 23.0 Å². The van der Waals surface area contributed by atoms with Gasteiger partial charge in [0.1, 0.15) is 17.1 Å². The second-order valence-electron chi connectivity index (χ2n) is 4.66. The number of aliphatic imine (C=N–C) groups is 1. The molecule has 1 N–H and O–H groups in total. The maximum atomic E-state index is 14.0. The molecule has 2 rings (SSSR count). The van der Waals surface area contributed by atoms with E-state index in [-0.39, 0.29) is 18.5 Å². The Kier molecular flexibility index (Phi) is 5.86. The van der Waals surface area contributed by atoms with Crippen LogP contribution in [-0.2, 0) is 9.53 Å². The van der Waals surface area contributed by atoms with Gasteiger partial charge in [0.2, 0.25) is 0 Å². The van der Waals surface area contributed by atoms with Crippen molar-refractivity contribution >= 4 is 35.5 Å². The highest BCUT2D eigenvalue weighted by Gasteiger charge is 2.24. The van der Waals surface area contributed by atoms with Crippen molar-refractivity contribution in [2.75, 3.05) is 6.61 Å². The third kappa shape index (κ3) is 4.02. The van der Waals surface area contributed by atoms with E-state index in [1.54, 1.807) is 0 Å². The molecule has 0 bridgehead atoms. The molecule has 1 aromatic heterocycles. The summed E-state index contributed by atoms with van der Waals surface area (Å²) < 4.78 is 53.3. The third-order valence-corrected chi connectivity index (χ3v) is 3.54. The predicted molar refractivity (Wildman–Crippen MR) is 85.3 cm³/mol. The molecule has 0 spiro atoms. The van der Waals surface area contributed by atoms with Crippen LogP contribution in [0.25, 0.3) is 5.76 Å². The summed E-state index contributed by atoms with van der Waals surface area (Å²) in [7, 11) is 0. The van der Waals surface area contributed by atoms with Crippen LogP contribution in [-0.4, -0.2) is 32.6 Å². The van der Waals surface area contributed by atoms with Crippen LogP contribution in [0.4, 0.5) is 19.0 Å². The number of ether oxygens (including phenoxy) is 1. The minimum Gasteiger partial charge on any atom is -0.506 e. The molecule has 0 amide bonds. The first-order chi connectivity index (χ1) is 11.9. The second-order valence-corrected chi connectivity index (χ2v) is 5.22. The standard InChI is InChI=1S/C15H12F3N3O3S/c1-3-24-15(23)8(5-19-11-6-20-25-21-11)14(22)12-7(2)13(18)10(17)4-9(12)16/h4-6,22H,3H2,1-2H3/b14-8+,19-5?. The number of aliphatic hydroxyl groups is 1. The Balaban J connectivity index is 2.61. The Morgan fingerprint density at radius 1 is 1.40 bits per heavy atom. The Labute approximate surface area is 144 Å². The molecule has 6 nitrogen and oxygen atoms in total. The molecule has 0 aliphatic carbocycles. The molecule has 1 aromatic carbocycles. The zero-order valence-electron chi connectivity index (χ0n) is 13.1. The number of aromatic nitrogens is 2. The Bertz CT molecular complexity index is 851. The van der Waals surface area contributed by atoms with E-state index in [1.807, 2.05) is 0 Å². The Morgan fingerprint density at radius 2 is 2.12 bits per heavy atom. The first-order valence-electron chi connectivity index (χ1n) is 6.93. The van der Waals surface area contributed by atoms with Crippen LogP contribution in [0.1, 0.15) is 18.1 Å². The molecule has 1 heterocycles. The van der Waals surface area contributed by atoms with Crippen LogP contribution in [0, 0.1) is 24.4 Å². The number of hydrogen-bond donors (Lipinski definition) is 1. The van der Waals surface area contributed by atoms with Gasteiger partial charge in [-0.05, 0) is 13.8 Å². The summed E-state index contributed by atoms with van der Waals surface area (Å²) in [6, 6.07) is 0.276. The average Bonchev–Trinajstić information content (AvgIpc) is 3.06. The number of halogens is 3. The Hall–Kier alpha value is -2.75. The molecule has 0 aliphatic heterocycles. The molecule has 0 radical (unpaired) electrons. The van der Waals surface area contributed by atoms with E-state index < -0.39 is 45.9 Å². The molecule has 0 atom stereocenters.